The molecule has 0 aliphatic heterocycles. The van der Waals surface area contributed by atoms with Crippen LogP contribution in [0.4, 0.5) is 0 Å². The van der Waals surface area contributed by atoms with Crippen molar-refractivity contribution < 1.29 is 14.3 Å². The molecule has 0 spiro atoms. The largest absolute Gasteiger partial charge is 0.452 e. The maximum Gasteiger partial charge on any atom is 0.338 e. The molecule has 0 radical (unpaired) electrons. The van der Waals surface area contributed by atoms with Crippen molar-refractivity contribution in [2.75, 3.05) is 6.61 Å². The normalized spacial score (nSPS) is 15.9. The lowest BCUT2D eigenvalue weighted by molar-refractivity contribution is -0.125. The Balaban J connectivity index is 1.75. The second kappa shape index (κ2) is 8.57. The third-order valence-corrected chi connectivity index (χ3v) is 4.15. The SMILES string of the molecule is CCc1ccc(C(=O)OCC(=O)NC2CCCCCC2)cc1. The zero-order valence-electron chi connectivity index (χ0n) is 13.3. The van der Waals surface area contributed by atoms with E-state index < -0.39 is 5.97 Å². The summed E-state index contributed by atoms with van der Waals surface area (Å²) in [4.78, 5) is 23.8. The number of amides is 1. The van der Waals surface area contributed by atoms with E-state index in [1.807, 2.05) is 12.1 Å². The third kappa shape index (κ3) is 5.17. The number of aryl methyl sites for hydroxylation is 1. The molecule has 1 aromatic carbocycles. The van der Waals surface area contributed by atoms with Crippen LogP contribution in [-0.2, 0) is 16.0 Å². The molecular formula is C18H25NO3. The summed E-state index contributed by atoms with van der Waals surface area (Å²) < 4.78 is 5.09. The van der Waals surface area contributed by atoms with Gasteiger partial charge in [-0.05, 0) is 37.0 Å². The molecule has 1 fully saturated rings. The highest BCUT2D eigenvalue weighted by Crippen LogP contribution is 2.17. The summed E-state index contributed by atoms with van der Waals surface area (Å²) in [6.45, 7) is 1.86. The molecule has 0 bridgehead atoms. The first-order valence-corrected chi connectivity index (χ1v) is 8.24. The van der Waals surface area contributed by atoms with Gasteiger partial charge in [0.05, 0.1) is 5.56 Å². The molecule has 1 aliphatic rings. The number of benzene rings is 1. The Morgan fingerprint density at radius 1 is 1.09 bits per heavy atom. The van der Waals surface area contributed by atoms with Crippen LogP contribution in [0.2, 0.25) is 0 Å². The van der Waals surface area contributed by atoms with Crippen molar-refractivity contribution in [3.63, 3.8) is 0 Å². The highest BCUT2D eigenvalue weighted by Gasteiger charge is 2.16. The quantitative estimate of drug-likeness (QED) is 0.671. The monoisotopic (exact) mass is 303 g/mol. The van der Waals surface area contributed by atoms with E-state index in [9.17, 15) is 9.59 Å². The standard InChI is InChI=1S/C18H25NO3/c1-2-14-9-11-15(12-10-14)18(21)22-13-17(20)19-16-7-5-3-4-6-8-16/h9-12,16H,2-8,13H2,1H3,(H,19,20). The number of hydrogen-bond donors (Lipinski definition) is 1. The summed E-state index contributed by atoms with van der Waals surface area (Å²) in [5.41, 5.74) is 1.65. The van der Waals surface area contributed by atoms with Crippen LogP contribution in [0.3, 0.4) is 0 Å². The summed E-state index contributed by atoms with van der Waals surface area (Å²) in [5.74, 6) is -0.649. The Hall–Kier alpha value is -1.84. The predicted molar refractivity (Wildman–Crippen MR) is 85.7 cm³/mol. The van der Waals surface area contributed by atoms with Crippen LogP contribution in [0, 0.1) is 0 Å². The van der Waals surface area contributed by atoms with E-state index in [1.54, 1.807) is 12.1 Å². The van der Waals surface area contributed by atoms with Crippen LogP contribution in [0.5, 0.6) is 0 Å². The molecule has 22 heavy (non-hydrogen) atoms. The van der Waals surface area contributed by atoms with Crippen molar-refractivity contribution in [1.29, 1.82) is 0 Å². The number of ether oxygens (including phenoxy) is 1. The first-order valence-electron chi connectivity index (χ1n) is 8.24. The summed E-state index contributed by atoms with van der Waals surface area (Å²) in [6.07, 6.45) is 7.79. The molecule has 0 saturated heterocycles. The molecule has 0 atom stereocenters. The van der Waals surface area contributed by atoms with Crippen molar-refractivity contribution >= 4 is 11.9 Å². The average Bonchev–Trinajstić information content (AvgIpc) is 2.81. The molecule has 120 valence electrons. The summed E-state index contributed by atoms with van der Waals surface area (Å²) in [5, 5.41) is 2.97. The molecule has 0 aromatic heterocycles. The number of esters is 1. The third-order valence-electron chi connectivity index (χ3n) is 4.15. The smallest absolute Gasteiger partial charge is 0.338 e. The summed E-state index contributed by atoms with van der Waals surface area (Å²) in [6, 6.07) is 7.52. The van der Waals surface area contributed by atoms with E-state index in [2.05, 4.69) is 12.2 Å². The molecule has 0 heterocycles. The Kier molecular flexibility index (Phi) is 6.44. The first-order chi connectivity index (χ1) is 10.7. The minimum absolute atomic E-state index is 0.203. The maximum absolute atomic E-state index is 11.9. The van der Waals surface area contributed by atoms with Crippen LogP contribution < -0.4 is 5.32 Å². The Bertz CT molecular complexity index is 488. The van der Waals surface area contributed by atoms with Gasteiger partial charge >= 0.3 is 5.97 Å². The van der Waals surface area contributed by atoms with Gasteiger partial charge in [0, 0.05) is 6.04 Å². The molecule has 0 unspecified atom stereocenters. The lowest BCUT2D eigenvalue weighted by atomic mass is 10.1. The molecule has 1 aromatic rings. The summed E-state index contributed by atoms with van der Waals surface area (Å²) >= 11 is 0. The van der Waals surface area contributed by atoms with E-state index in [0.717, 1.165) is 32.1 Å². The van der Waals surface area contributed by atoms with Gasteiger partial charge in [0.25, 0.3) is 5.91 Å². The van der Waals surface area contributed by atoms with Crippen molar-refractivity contribution in [1.82, 2.24) is 5.32 Å². The number of nitrogens with one attached hydrogen (secondary N) is 1. The van der Waals surface area contributed by atoms with E-state index in [4.69, 9.17) is 4.74 Å². The minimum atomic E-state index is -0.446. The van der Waals surface area contributed by atoms with Gasteiger partial charge in [0.2, 0.25) is 0 Å². The summed E-state index contributed by atoms with van der Waals surface area (Å²) in [7, 11) is 0. The highest BCUT2D eigenvalue weighted by atomic mass is 16.5. The molecule has 1 amide bonds. The fourth-order valence-corrected chi connectivity index (χ4v) is 2.78. The lowest BCUT2D eigenvalue weighted by Gasteiger charge is -2.16. The molecular weight excluding hydrogens is 278 g/mol. The number of hydrogen-bond acceptors (Lipinski definition) is 3. The Morgan fingerprint density at radius 3 is 2.32 bits per heavy atom. The molecule has 1 aliphatic carbocycles. The van der Waals surface area contributed by atoms with E-state index in [-0.39, 0.29) is 18.6 Å². The van der Waals surface area contributed by atoms with Gasteiger partial charge in [-0.15, -0.1) is 0 Å². The van der Waals surface area contributed by atoms with Crippen LogP contribution >= 0.6 is 0 Å². The van der Waals surface area contributed by atoms with Gasteiger partial charge < -0.3 is 10.1 Å². The number of carbonyl (C=O) groups excluding carboxylic acids is 2. The van der Waals surface area contributed by atoms with Gasteiger partial charge in [0.15, 0.2) is 6.61 Å². The Morgan fingerprint density at radius 2 is 1.73 bits per heavy atom. The van der Waals surface area contributed by atoms with E-state index in [1.165, 1.54) is 18.4 Å². The zero-order valence-corrected chi connectivity index (χ0v) is 13.3. The van der Waals surface area contributed by atoms with Crippen LogP contribution in [-0.4, -0.2) is 24.5 Å². The second-order valence-corrected chi connectivity index (χ2v) is 5.88. The van der Waals surface area contributed by atoms with Crippen molar-refractivity contribution in [3.05, 3.63) is 35.4 Å². The van der Waals surface area contributed by atoms with E-state index in [0.29, 0.717) is 5.56 Å². The topological polar surface area (TPSA) is 55.4 Å². The molecule has 2 rings (SSSR count). The van der Waals surface area contributed by atoms with Crippen LogP contribution in [0.25, 0.3) is 0 Å². The average molecular weight is 303 g/mol. The van der Waals surface area contributed by atoms with Crippen molar-refractivity contribution in [2.24, 2.45) is 0 Å². The van der Waals surface area contributed by atoms with Crippen LogP contribution in [0.1, 0.15) is 61.4 Å². The predicted octanol–water partition coefficient (Wildman–Crippen LogP) is 3.24. The maximum atomic E-state index is 11.9. The van der Waals surface area contributed by atoms with Gasteiger partial charge in [-0.1, -0.05) is 44.7 Å². The fourth-order valence-electron chi connectivity index (χ4n) is 2.78. The lowest BCUT2D eigenvalue weighted by Crippen LogP contribution is -2.37. The second-order valence-electron chi connectivity index (χ2n) is 5.88. The highest BCUT2D eigenvalue weighted by molar-refractivity contribution is 5.91. The zero-order chi connectivity index (χ0) is 15.8. The van der Waals surface area contributed by atoms with E-state index >= 15 is 0 Å². The van der Waals surface area contributed by atoms with Gasteiger partial charge in [-0.2, -0.15) is 0 Å². The fraction of sp³-hybridized carbons (Fsp3) is 0.556. The molecule has 1 saturated carbocycles. The van der Waals surface area contributed by atoms with Gasteiger partial charge in [-0.3, -0.25) is 4.79 Å². The number of carbonyl (C=O) groups is 2. The Labute approximate surface area is 132 Å². The van der Waals surface area contributed by atoms with Crippen LogP contribution in [0.15, 0.2) is 24.3 Å². The van der Waals surface area contributed by atoms with Crippen molar-refractivity contribution in [3.8, 4) is 0 Å². The van der Waals surface area contributed by atoms with Crippen molar-refractivity contribution in [2.45, 2.75) is 57.9 Å². The van der Waals surface area contributed by atoms with Gasteiger partial charge in [-0.25, -0.2) is 4.79 Å². The molecule has 1 N–H and O–H groups in total. The minimum Gasteiger partial charge on any atom is -0.452 e. The molecule has 4 nitrogen and oxygen atoms in total. The van der Waals surface area contributed by atoms with Gasteiger partial charge in [0.1, 0.15) is 0 Å². The number of rotatable bonds is 5. The molecule has 4 heteroatoms. The first kappa shape index (κ1) is 16.5.